The van der Waals surface area contributed by atoms with Crippen molar-refractivity contribution in [2.45, 2.75) is 20.8 Å². The topological polar surface area (TPSA) is 99.1 Å². The van der Waals surface area contributed by atoms with Crippen LogP contribution < -0.4 is 17.2 Å². The van der Waals surface area contributed by atoms with E-state index in [2.05, 4.69) is 24.1 Å². The quantitative estimate of drug-likeness (QED) is 0.611. The highest BCUT2D eigenvalue weighted by molar-refractivity contribution is 5.79. The molecule has 0 aliphatic rings. The van der Waals surface area contributed by atoms with E-state index in [9.17, 15) is 0 Å². The molecule has 1 heterocycles. The molecule has 0 amide bonds. The normalized spacial score (nSPS) is 10.8. The zero-order chi connectivity index (χ0) is 15.7. The Labute approximate surface area is 136 Å². The molecule has 5 nitrogen and oxygen atoms in total. The van der Waals surface area contributed by atoms with Crippen LogP contribution in [0.5, 0.6) is 0 Å². The van der Waals surface area contributed by atoms with Crippen LogP contribution in [-0.4, -0.2) is 11.5 Å². The van der Waals surface area contributed by atoms with Crippen LogP contribution in [0.1, 0.15) is 19.4 Å². The third-order valence-corrected chi connectivity index (χ3v) is 3.54. The van der Waals surface area contributed by atoms with Crippen molar-refractivity contribution < 1.29 is 4.42 Å². The molecule has 6 N–H and O–H groups in total. The van der Waals surface area contributed by atoms with Crippen molar-refractivity contribution in [3.63, 3.8) is 0 Å². The summed E-state index contributed by atoms with van der Waals surface area (Å²) in [6.07, 6.45) is 0. The van der Waals surface area contributed by atoms with Crippen LogP contribution in [0.3, 0.4) is 0 Å². The summed E-state index contributed by atoms with van der Waals surface area (Å²) in [6.45, 7) is 7.27. The van der Waals surface area contributed by atoms with E-state index in [4.69, 9.17) is 10.2 Å². The maximum Gasteiger partial charge on any atom is 0.227 e. The van der Waals surface area contributed by atoms with E-state index in [1.165, 1.54) is 5.56 Å². The van der Waals surface area contributed by atoms with Gasteiger partial charge in [-0.3, -0.25) is 0 Å². The van der Waals surface area contributed by atoms with Gasteiger partial charge in [-0.25, -0.2) is 4.98 Å². The first-order valence-electron chi connectivity index (χ1n) is 7.54. The number of oxazole rings is 1. The molecule has 2 aromatic carbocycles. The molecule has 1 aromatic heterocycles. The van der Waals surface area contributed by atoms with Crippen LogP contribution in [0.15, 0.2) is 40.8 Å². The van der Waals surface area contributed by atoms with E-state index in [-0.39, 0.29) is 6.15 Å². The Morgan fingerprint density at radius 1 is 1.17 bits per heavy atom. The first kappa shape index (κ1) is 16.8. The molecule has 0 bridgehead atoms. The van der Waals surface area contributed by atoms with Crippen molar-refractivity contribution in [2.75, 3.05) is 17.6 Å². The number of hydrogen-bond acceptors (Lipinski definition) is 5. The zero-order valence-electron chi connectivity index (χ0n) is 13.9. The average Bonchev–Trinajstić information content (AvgIpc) is 2.88. The molecule has 122 valence electrons. The number of rotatable bonds is 4. The Balaban J connectivity index is 0.00000192. The molecule has 0 unspecified atom stereocenters. The van der Waals surface area contributed by atoms with Gasteiger partial charge in [0.15, 0.2) is 5.58 Å². The van der Waals surface area contributed by atoms with Crippen molar-refractivity contribution in [1.82, 2.24) is 11.1 Å². The smallest absolute Gasteiger partial charge is 0.227 e. The molecule has 3 aromatic rings. The summed E-state index contributed by atoms with van der Waals surface area (Å²) in [5, 5.41) is 3.35. The van der Waals surface area contributed by atoms with Crippen LogP contribution in [0.25, 0.3) is 22.6 Å². The number of aryl methyl sites for hydroxylation is 1. The van der Waals surface area contributed by atoms with Gasteiger partial charge in [0.2, 0.25) is 5.89 Å². The Morgan fingerprint density at radius 3 is 2.65 bits per heavy atom. The highest BCUT2D eigenvalue weighted by Gasteiger charge is 2.10. The number of anilines is 2. The number of nitrogens with two attached hydrogens (primary N) is 1. The molecule has 3 rings (SSSR count). The van der Waals surface area contributed by atoms with Gasteiger partial charge in [-0.15, -0.1) is 0 Å². The summed E-state index contributed by atoms with van der Waals surface area (Å²) >= 11 is 0. The highest BCUT2D eigenvalue weighted by atomic mass is 16.3. The zero-order valence-corrected chi connectivity index (χ0v) is 13.9. The van der Waals surface area contributed by atoms with Crippen LogP contribution >= 0.6 is 0 Å². The van der Waals surface area contributed by atoms with Crippen LogP contribution in [0, 0.1) is 12.8 Å². The lowest BCUT2D eigenvalue weighted by Gasteiger charge is -2.11. The van der Waals surface area contributed by atoms with Gasteiger partial charge in [0.25, 0.3) is 0 Å². The van der Waals surface area contributed by atoms with Gasteiger partial charge in [-0.1, -0.05) is 19.9 Å². The minimum atomic E-state index is 0. The average molecular weight is 312 g/mol. The maximum atomic E-state index is 6.13. The number of aromatic nitrogens is 1. The summed E-state index contributed by atoms with van der Waals surface area (Å²) in [6, 6.07) is 11.8. The van der Waals surface area contributed by atoms with Gasteiger partial charge in [0, 0.05) is 12.1 Å². The molecule has 0 aliphatic heterocycles. The SMILES string of the molecule is Cc1ccc2oc(-c3ccc(NCC(C)C)c(N)c3)nc2c1.N. The van der Waals surface area contributed by atoms with E-state index in [1.54, 1.807) is 0 Å². The fourth-order valence-corrected chi connectivity index (χ4v) is 2.33. The Bertz CT molecular complexity index is 808. The molecule has 0 saturated heterocycles. The first-order valence-corrected chi connectivity index (χ1v) is 7.54. The predicted octanol–water partition coefficient (Wildman–Crippen LogP) is 4.62. The number of fused-ring (bicyclic) bond motifs is 1. The van der Waals surface area contributed by atoms with Gasteiger partial charge < -0.3 is 21.6 Å². The Morgan fingerprint density at radius 2 is 1.96 bits per heavy atom. The van der Waals surface area contributed by atoms with Crippen LogP contribution in [0.2, 0.25) is 0 Å². The predicted molar refractivity (Wildman–Crippen MR) is 96.9 cm³/mol. The van der Waals surface area contributed by atoms with Crippen molar-refractivity contribution in [3.05, 3.63) is 42.0 Å². The first-order chi connectivity index (χ1) is 10.5. The van der Waals surface area contributed by atoms with E-state index in [1.807, 2.05) is 43.3 Å². The van der Waals surface area contributed by atoms with Crippen molar-refractivity contribution in [1.29, 1.82) is 0 Å². The summed E-state index contributed by atoms with van der Waals surface area (Å²) in [4.78, 5) is 4.55. The monoisotopic (exact) mass is 312 g/mol. The number of nitrogens with one attached hydrogen (secondary N) is 1. The minimum Gasteiger partial charge on any atom is -0.436 e. The van der Waals surface area contributed by atoms with E-state index in [0.29, 0.717) is 17.5 Å². The fraction of sp³-hybridized carbons (Fsp3) is 0.278. The second-order valence-corrected chi connectivity index (χ2v) is 6.07. The summed E-state index contributed by atoms with van der Waals surface area (Å²) in [5.41, 5.74) is 11.5. The molecule has 0 aliphatic carbocycles. The fourth-order valence-electron chi connectivity index (χ4n) is 2.33. The number of benzene rings is 2. The molecule has 0 spiro atoms. The highest BCUT2D eigenvalue weighted by Crippen LogP contribution is 2.29. The van der Waals surface area contributed by atoms with Gasteiger partial charge in [-0.05, 0) is 48.7 Å². The third-order valence-electron chi connectivity index (χ3n) is 3.54. The van der Waals surface area contributed by atoms with Crippen LogP contribution in [0.4, 0.5) is 11.4 Å². The summed E-state index contributed by atoms with van der Waals surface area (Å²) in [7, 11) is 0. The number of nitrogen functional groups attached to an aromatic ring is 1. The maximum absolute atomic E-state index is 6.13. The van der Waals surface area contributed by atoms with E-state index in [0.717, 1.165) is 28.9 Å². The molecule has 5 heteroatoms. The largest absolute Gasteiger partial charge is 0.436 e. The molecule has 0 radical (unpaired) electrons. The number of nitrogens with zero attached hydrogens (tertiary/aromatic N) is 1. The lowest BCUT2D eigenvalue weighted by Crippen LogP contribution is -2.09. The Kier molecular flexibility index (Phi) is 4.91. The van der Waals surface area contributed by atoms with Crippen molar-refractivity contribution >= 4 is 22.5 Å². The van der Waals surface area contributed by atoms with Crippen LogP contribution in [-0.2, 0) is 0 Å². The van der Waals surface area contributed by atoms with Gasteiger partial charge >= 0.3 is 0 Å². The van der Waals surface area contributed by atoms with Gasteiger partial charge in [-0.2, -0.15) is 0 Å². The minimum absolute atomic E-state index is 0. The van der Waals surface area contributed by atoms with E-state index < -0.39 is 0 Å². The molecular formula is C18H24N4O. The van der Waals surface area contributed by atoms with Crippen molar-refractivity contribution in [2.24, 2.45) is 5.92 Å². The molecule has 0 saturated carbocycles. The lowest BCUT2D eigenvalue weighted by atomic mass is 10.1. The second kappa shape index (κ2) is 6.71. The van der Waals surface area contributed by atoms with Gasteiger partial charge in [0.1, 0.15) is 5.52 Å². The molecular weight excluding hydrogens is 288 g/mol. The van der Waals surface area contributed by atoms with Gasteiger partial charge in [0.05, 0.1) is 11.4 Å². The second-order valence-electron chi connectivity index (χ2n) is 6.07. The Hall–Kier alpha value is -2.53. The molecule has 23 heavy (non-hydrogen) atoms. The summed E-state index contributed by atoms with van der Waals surface area (Å²) < 4.78 is 5.82. The molecule has 0 fully saturated rings. The third kappa shape index (κ3) is 3.63. The van der Waals surface area contributed by atoms with E-state index >= 15 is 0 Å². The molecule has 0 atom stereocenters. The number of hydrogen-bond donors (Lipinski definition) is 3. The summed E-state index contributed by atoms with van der Waals surface area (Å²) in [5.74, 6) is 1.17. The van der Waals surface area contributed by atoms with Crippen molar-refractivity contribution in [3.8, 4) is 11.5 Å². The standard InChI is InChI=1S/C18H21N3O.H3N/c1-11(2)10-20-15-6-5-13(9-14(15)19)18-21-16-8-12(3)4-7-17(16)22-18;/h4-9,11,20H,10,19H2,1-3H3;1H3. The lowest BCUT2D eigenvalue weighted by molar-refractivity contribution is 0.620.